The van der Waals surface area contributed by atoms with Crippen molar-refractivity contribution in [3.05, 3.63) is 12.2 Å². The molecule has 88 valence electrons. The van der Waals surface area contributed by atoms with Gasteiger partial charge in [-0.25, -0.2) is 18.0 Å². The van der Waals surface area contributed by atoms with E-state index in [0.717, 1.165) is 0 Å². The zero-order chi connectivity index (χ0) is 12.5. The molecule has 0 radical (unpaired) electrons. The van der Waals surface area contributed by atoms with E-state index in [1.54, 1.807) is 0 Å². The summed E-state index contributed by atoms with van der Waals surface area (Å²) in [6, 6.07) is 0. The molecule has 0 fully saturated rings. The number of aliphatic hydroxyl groups excluding tert-OH is 1. The zero-order valence-corrected chi connectivity index (χ0v) is 11.2. The number of hydrogen-bond acceptors (Lipinski definition) is 6. The number of carboxylic acids is 2. The second-order valence-electron chi connectivity index (χ2n) is 2.00. The van der Waals surface area contributed by atoms with Crippen LogP contribution in [0, 0.1) is 0 Å². The van der Waals surface area contributed by atoms with E-state index in [4.69, 9.17) is 15.3 Å². The molecule has 0 aromatic heterocycles. The van der Waals surface area contributed by atoms with Crippen molar-refractivity contribution in [3.63, 3.8) is 0 Å². The summed E-state index contributed by atoms with van der Waals surface area (Å²) in [5.74, 6) is -3.20. The summed E-state index contributed by atoms with van der Waals surface area (Å²) >= 11 is 0. The third-order valence-electron chi connectivity index (χ3n) is 0.710. The molecule has 0 aromatic carbocycles. The molecule has 0 aromatic rings. The summed E-state index contributed by atoms with van der Waals surface area (Å²) in [6.45, 7) is -0.591. The Kier molecular flexibility index (Phi) is 14.4. The van der Waals surface area contributed by atoms with E-state index in [2.05, 4.69) is 0 Å². The van der Waals surface area contributed by atoms with Crippen molar-refractivity contribution in [2.75, 3.05) is 12.4 Å². The van der Waals surface area contributed by atoms with Crippen LogP contribution in [0.5, 0.6) is 0 Å². The van der Waals surface area contributed by atoms with Crippen molar-refractivity contribution in [2.45, 2.75) is 0 Å². The summed E-state index contributed by atoms with van der Waals surface area (Å²) in [5, 5.41) is 23.4. The van der Waals surface area contributed by atoms with E-state index < -0.39 is 34.4 Å². The van der Waals surface area contributed by atoms with Crippen LogP contribution in [0.3, 0.4) is 0 Å². The van der Waals surface area contributed by atoms with Gasteiger partial charge in [0, 0.05) is 12.2 Å². The molecule has 8 nitrogen and oxygen atoms in total. The molecule has 0 atom stereocenters. The summed E-state index contributed by atoms with van der Waals surface area (Å²) in [7, 11) is -4.17. The van der Waals surface area contributed by atoms with Crippen LogP contribution in [0.25, 0.3) is 0 Å². The monoisotopic (exact) mass is 264 g/mol. The van der Waals surface area contributed by atoms with Gasteiger partial charge in [-0.1, -0.05) is 0 Å². The third kappa shape index (κ3) is 29.2. The summed E-state index contributed by atoms with van der Waals surface area (Å²) in [6.07, 6.45) is 1.12. The molecular weight excluding hydrogens is 255 g/mol. The van der Waals surface area contributed by atoms with Gasteiger partial charge in [0.15, 0.2) is 0 Å². The van der Waals surface area contributed by atoms with Gasteiger partial charge < -0.3 is 19.9 Å². The first-order valence-electron chi connectivity index (χ1n) is 3.37. The van der Waals surface area contributed by atoms with Crippen LogP contribution in [0.1, 0.15) is 0 Å². The normalized spacial score (nSPS) is 9.88. The smallest absolute Gasteiger partial charge is 0.748 e. The Morgan fingerprint density at radius 1 is 1.12 bits per heavy atom. The van der Waals surface area contributed by atoms with Gasteiger partial charge in [-0.05, 0) is 0 Å². The molecule has 0 saturated carbocycles. The molecular formula is C6H9NaO8S. The molecule has 3 N–H and O–H groups in total. The van der Waals surface area contributed by atoms with E-state index in [0.29, 0.717) is 12.2 Å². The van der Waals surface area contributed by atoms with Crippen LogP contribution in [0.2, 0.25) is 0 Å². The SMILES string of the molecule is O=C(O)/C=C\C(=O)O.O=S(=O)([O-])CCO.[Na+]. The largest absolute Gasteiger partial charge is 1.00 e. The van der Waals surface area contributed by atoms with E-state index in [1.807, 2.05) is 0 Å². The standard InChI is InChI=1S/C4H4O4.C2H6O4S.Na/c5-3(6)1-2-4(7)8;3-1-2-7(4,5)6;/h1-2H,(H,5,6)(H,7,8);3H,1-2H2,(H,4,5,6);/q;;+1/p-1/b2-1-;;. The summed E-state index contributed by atoms with van der Waals surface area (Å²) in [5.41, 5.74) is 0. The minimum absolute atomic E-state index is 0. The van der Waals surface area contributed by atoms with E-state index in [-0.39, 0.29) is 29.6 Å². The quantitative estimate of drug-likeness (QED) is 0.260. The fourth-order valence-electron chi connectivity index (χ4n) is 0.254. The van der Waals surface area contributed by atoms with Crippen LogP contribution < -0.4 is 29.6 Å². The third-order valence-corrected chi connectivity index (χ3v) is 1.39. The molecule has 0 spiro atoms. The first-order chi connectivity index (χ1) is 6.69. The fourth-order valence-corrected chi connectivity index (χ4v) is 0.478. The minimum Gasteiger partial charge on any atom is -0.748 e. The van der Waals surface area contributed by atoms with Gasteiger partial charge in [-0.2, -0.15) is 0 Å². The van der Waals surface area contributed by atoms with Crippen molar-refractivity contribution < 1.29 is 67.4 Å². The number of hydrogen-bond donors (Lipinski definition) is 3. The number of rotatable bonds is 4. The van der Waals surface area contributed by atoms with E-state index in [1.165, 1.54) is 0 Å². The van der Waals surface area contributed by atoms with Crippen LogP contribution >= 0.6 is 0 Å². The zero-order valence-electron chi connectivity index (χ0n) is 8.36. The van der Waals surface area contributed by atoms with Crippen LogP contribution in [0.4, 0.5) is 0 Å². The second kappa shape index (κ2) is 11.0. The number of aliphatic carboxylic acids is 2. The van der Waals surface area contributed by atoms with Gasteiger partial charge in [0.1, 0.15) is 0 Å². The Morgan fingerprint density at radius 2 is 1.44 bits per heavy atom. The topological polar surface area (TPSA) is 152 Å². The molecule has 0 saturated heterocycles. The van der Waals surface area contributed by atoms with Gasteiger partial charge in [-0.15, -0.1) is 0 Å². The van der Waals surface area contributed by atoms with Crippen molar-refractivity contribution in [1.82, 2.24) is 0 Å². The van der Waals surface area contributed by atoms with E-state index >= 15 is 0 Å². The molecule has 0 heterocycles. The van der Waals surface area contributed by atoms with Crippen LogP contribution in [0.15, 0.2) is 12.2 Å². The van der Waals surface area contributed by atoms with Gasteiger partial charge in [0.05, 0.1) is 22.5 Å². The second-order valence-corrected chi connectivity index (χ2v) is 3.52. The maximum absolute atomic E-state index is 9.55. The van der Waals surface area contributed by atoms with Crippen LogP contribution in [-0.2, 0) is 19.7 Å². The maximum Gasteiger partial charge on any atom is 1.00 e. The van der Waals surface area contributed by atoms with Crippen LogP contribution in [-0.4, -0.2) is 52.6 Å². The van der Waals surface area contributed by atoms with Gasteiger partial charge in [0.2, 0.25) is 0 Å². The van der Waals surface area contributed by atoms with Gasteiger partial charge in [0.25, 0.3) is 0 Å². The minimum atomic E-state index is -4.17. The molecule has 0 aliphatic rings. The number of carbonyl (C=O) groups is 2. The molecule has 0 amide bonds. The first kappa shape index (κ1) is 20.9. The van der Waals surface area contributed by atoms with Crippen molar-refractivity contribution >= 4 is 22.1 Å². The molecule has 0 aliphatic heterocycles. The van der Waals surface area contributed by atoms with Crippen molar-refractivity contribution in [2.24, 2.45) is 0 Å². The predicted molar refractivity (Wildman–Crippen MR) is 46.1 cm³/mol. The average Bonchev–Trinajstić information content (AvgIpc) is 1.99. The Labute approximate surface area is 114 Å². The van der Waals surface area contributed by atoms with Crippen molar-refractivity contribution in [1.29, 1.82) is 0 Å². The fraction of sp³-hybridized carbons (Fsp3) is 0.333. The number of carboxylic acid groups (broad SMARTS) is 2. The summed E-state index contributed by atoms with van der Waals surface area (Å²) < 4.78 is 28.5. The van der Waals surface area contributed by atoms with E-state index in [9.17, 15) is 22.6 Å². The molecule has 10 heteroatoms. The maximum atomic E-state index is 9.55. The first-order valence-corrected chi connectivity index (χ1v) is 4.95. The molecule has 16 heavy (non-hydrogen) atoms. The Balaban J connectivity index is -0.000000200. The number of aliphatic hydroxyl groups is 1. The Hall–Kier alpha value is -0.450. The summed E-state index contributed by atoms with van der Waals surface area (Å²) in [4.78, 5) is 19.1. The molecule has 0 unspecified atom stereocenters. The molecule has 0 bridgehead atoms. The predicted octanol–water partition coefficient (Wildman–Crippen LogP) is -4.76. The van der Waals surface area contributed by atoms with Gasteiger partial charge in [-0.3, -0.25) is 0 Å². The molecule has 0 rings (SSSR count). The average molecular weight is 264 g/mol. The van der Waals surface area contributed by atoms with Crippen molar-refractivity contribution in [3.8, 4) is 0 Å². The molecule has 0 aliphatic carbocycles. The Morgan fingerprint density at radius 3 is 1.50 bits per heavy atom. The van der Waals surface area contributed by atoms with Gasteiger partial charge >= 0.3 is 41.5 Å². The Bertz CT molecular complexity index is 316.